The number of hydrogen-bond acceptors (Lipinski definition) is 4. The SMILES string of the molecule is O=C(O)C1CCCN1CCn1c(=O)oc2ccccc21. The largest absolute Gasteiger partial charge is 0.480 e. The van der Waals surface area contributed by atoms with Crippen molar-refractivity contribution in [2.75, 3.05) is 13.1 Å². The van der Waals surface area contributed by atoms with Crippen molar-refractivity contribution in [2.45, 2.75) is 25.4 Å². The number of aromatic nitrogens is 1. The van der Waals surface area contributed by atoms with E-state index >= 15 is 0 Å². The molecular weight excluding hydrogens is 260 g/mol. The van der Waals surface area contributed by atoms with Gasteiger partial charge in [0.2, 0.25) is 0 Å². The van der Waals surface area contributed by atoms with E-state index in [2.05, 4.69) is 0 Å². The Morgan fingerprint density at radius 3 is 2.95 bits per heavy atom. The molecule has 1 unspecified atom stereocenters. The minimum absolute atomic E-state index is 0.391. The third kappa shape index (κ3) is 2.22. The van der Waals surface area contributed by atoms with Crippen molar-refractivity contribution in [2.24, 2.45) is 0 Å². The number of aliphatic carboxylic acids is 1. The Bertz CT molecular complexity index is 688. The van der Waals surface area contributed by atoms with Gasteiger partial charge in [-0.3, -0.25) is 14.3 Å². The van der Waals surface area contributed by atoms with E-state index in [4.69, 9.17) is 9.52 Å². The molecule has 0 aliphatic carbocycles. The first-order valence-electron chi connectivity index (χ1n) is 6.72. The summed E-state index contributed by atoms with van der Waals surface area (Å²) in [5.74, 6) is -1.18. The number of para-hydroxylation sites is 2. The van der Waals surface area contributed by atoms with Crippen LogP contribution in [0.4, 0.5) is 0 Å². The molecule has 2 aromatic rings. The zero-order valence-electron chi connectivity index (χ0n) is 11.0. The molecule has 1 saturated heterocycles. The van der Waals surface area contributed by atoms with Crippen LogP contribution in [0.3, 0.4) is 0 Å². The van der Waals surface area contributed by atoms with Crippen LogP contribution in [0.2, 0.25) is 0 Å². The lowest BCUT2D eigenvalue weighted by Crippen LogP contribution is -2.38. The van der Waals surface area contributed by atoms with Crippen molar-refractivity contribution in [3.8, 4) is 0 Å². The van der Waals surface area contributed by atoms with E-state index in [0.29, 0.717) is 25.1 Å². The van der Waals surface area contributed by atoms with Gasteiger partial charge in [-0.05, 0) is 31.5 Å². The van der Waals surface area contributed by atoms with Crippen molar-refractivity contribution >= 4 is 17.1 Å². The van der Waals surface area contributed by atoms with Crippen LogP contribution in [0, 0.1) is 0 Å². The fourth-order valence-corrected chi connectivity index (χ4v) is 2.83. The van der Waals surface area contributed by atoms with Crippen molar-refractivity contribution in [3.63, 3.8) is 0 Å². The summed E-state index contributed by atoms with van der Waals surface area (Å²) in [5.41, 5.74) is 1.32. The lowest BCUT2D eigenvalue weighted by Gasteiger charge is -2.20. The minimum atomic E-state index is -0.785. The van der Waals surface area contributed by atoms with Crippen molar-refractivity contribution < 1.29 is 14.3 Å². The third-order valence-corrected chi connectivity index (χ3v) is 3.83. The van der Waals surface area contributed by atoms with Crippen LogP contribution in [-0.4, -0.2) is 39.7 Å². The molecule has 0 amide bonds. The number of nitrogens with zero attached hydrogens (tertiary/aromatic N) is 2. The lowest BCUT2D eigenvalue weighted by atomic mass is 10.2. The Kier molecular flexibility index (Phi) is 3.31. The zero-order chi connectivity index (χ0) is 14.1. The quantitative estimate of drug-likeness (QED) is 0.906. The molecule has 0 spiro atoms. The highest BCUT2D eigenvalue weighted by Gasteiger charge is 2.30. The summed E-state index contributed by atoms with van der Waals surface area (Å²) in [7, 11) is 0. The Balaban J connectivity index is 1.79. The number of carbonyl (C=O) groups is 1. The average molecular weight is 276 g/mol. The van der Waals surface area contributed by atoms with Gasteiger partial charge in [0, 0.05) is 13.1 Å². The monoisotopic (exact) mass is 276 g/mol. The number of carboxylic acid groups (broad SMARTS) is 1. The van der Waals surface area contributed by atoms with E-state index in [1.165, 1.54) is 0 Å². The normalized spacial score (nSPS) is 19.7. The Labute approximate surface area is 115 Å². The molecule has 3 rings (SSSR count). The lowest BCUT2D eigenvalue weighted by molar-refractivity contribution is -0.142. The Morgan fingerprint density at radius 2 is 2.15 bits per heavy atom. The minimum Gasteiger partial charge on any atom is -0.480 e. The summed E-state index contributed by atoms with van der Waals surface area (Å²) in [6, 6.07) is 6.83. The number of benzene rings is 1. The molecule has 1 aliphatic rings. The molecule has 1 aromatic carbocycles. The molecule has 2 heterocycles. The van der Waals surface area contributed by atoms with E-state index in [-0.39, 0.29) is 0 Å². The van der Waals surface area contributed by atoms with Crippen LogP contribution in [-0.2, 0) is 11.3 Å². The van der Waals surface area contributed by atoms with Gasteiger partial charge in [0.15, 0.2) is 5.58 Å². The predicted octanol–water partition coefficient (Wildman–Crippen LogP) is 1.14. The molecule has 1 N–H and O–H groups in total. The van der Waals surface area contributed by atoms with Gasteiger partial charge in [0.05, 0.1) is 5.52 Å². The first kappa shape index (κ1) is 12.9. The van der Waals surface area contributed by atoms with E-state index in [9.17, 15) is 9.59 Å². The van der Waals surface area contributed by atoms with Gasteiger partial charge in [-0.15, -0.1) is 0 Å². The second kappa shape index (κ2) is 5.13. The first-order chi connectivity index (χ1) is 9.66. The molecule has 1 aliphatic heterocycles. The Morgan fingerprint density at radius 1 is 1.35 bits per heavy atom. The fraction of sp³-hybridized carbons (Fsp3) is 0.429. The summed E-state index contributed by atoms with van der Waals surface area (Å²) in [4.78, 5) is 24.9. The summed E-state index contributed by atoms with van der Waals surface area (Å²) in [5, 5.41) is 9.14. The van der Waals surface area contributed by atoms with Crippen LogP contribution >= 0.6 is 0 Å². The number of oxazole rings is 1. The molecule has 0 saturated carbocycles. The predicted molar refractivity (Wildman–Crippen MR) is 72.7 cm³/mol. The smallest absolute Gasteiger partial charge is 0.419 e. The topological polar surface area (TPSA) is 75.7 Å². The van der Waals surface area contributed by atoms with Crippen LogP contribution in [0.15, 0.2) is 33.5 Å². The fourth-order valence-electron chi connectivity index (χ4n) is 2.83. The maximum atomic E-state index is 11.8. The van der Waals surface area contributed by atoms with E-state index < -0.39 is 17.8 Å². The van der Waals surface area contributed by atoms with Crippen LogP contribution in [0.1, 0.15) is 12.8 Å². The zero-order valence-corrected chi connectivity index (χ0v) is 11.0. The van der Waals surface area contributed by atoms with Gasteiger partial charge in [-0.25, -0.2) is 4.79 Å². The van der Waals surface area contributed by atoms with Crippen LogP contribution < -0.4 is 5.76 Å². The second-order valence-electron chi connectivity index (χ2n) is 5.02. The van der Waals surface area contributed by atoms with Crippen LogP contribution in [0.5, 0.6) is 0 Å². The number of hydrogen-bond donors (Lipinski definition) is 1. The standard InChI is InChI=1S/C14H16N2O4/c17-13(18)11-5-3-7-15(11)8-9-16-10-4-1-2-6-12(10)20-14(16)19/h1-2,4,6,11H,3,5,7-9H2,(H,17,18). The van der Waals surface area contributed by atoms with E-state index in [0.717, 1.165) is 18.5 Å². The highest BCUT2D eigenvalue weighted by atomic mass is 16.4. The molecule has 1 fully saturated rings. The first-order valence-corrected chi connectivity index (χ1v) is 6.72. The van der Waals surface area contributed by atoms with E-state index in [1.807, 2.05) is 23.1 Å². The van der Waals surface area contributed by atoms with Gasteiger partial charge >= 0.3 is 11.7 Å². The molecule has 1 atom stereocenters. The highest BCUT2D eigenvalue weighted by molar-refractivity contribution is 5.74. The average Bonchev–Trinajstić information content (AvgIpc) is 3.00. The number of likely N-dealkylation sites (tertiary alicyclic amines) is 1. The molecule has 20 heavy (non-hydrogen) atoms. The summed E-state index contributed by atoms with van der Waals surface area (Å²) < 4.78 is 6.72. The van der Waals surface area contributed by atoms with Crippen molar-refractivity contribution in [1.29, 1.82) is 0 Å². The van der Waals surface area contributed by atoms with Gasteiger partial charge in [0.1, 0.15) is 6.04 Å². The molecular formula is C14H16N2O4. The Hall–Kier alpha value is -2.08. The van der Waals surface area contributed by atoms with E-state index in [1.54, 1.807) is 10.6 Å². The molecule has 6 nitrogen and oxygen atoms in total. The number of rotatable bonds is 4. The van der Waals surface area contributed by atoms with Gasteiger partial charge in [-0.1, -0.05) is 12.1 Å². The van der Waals surface area contributed by atoms with Crippen molar-refractivity contribution in [3.05, 3.63) is 34.8 Å². The maximum Gasteiger partial charge on any atom is 0.419 e. The molecule has 0 radical (unpaired) electrons. The molecule has 106 valence electrons. The molecule has 6 heteroatoms. The summed E-state index contributed by atoms with van der Waals surface area (Å²) in [6.45, 7) is 1.75. The van der Waals surface area contributed by atoms with Gasteiger partial charge in [0.25, 0.3) is 0 Å². The number of carboxylic acids is 1. The highest BCUT2D eigenvalue weighted by Crippen LogP contribution is 2.18. The van der Waals surface area contributed by atoms with Crippen LogP contribution in [0.25, 0.3) is 11.1 Å². The maximum absolute atomic E-state index is 11.8. The third-order valence-electron chi connectivity index (χ3n) is 3.83. The van der Waals surface area contributed by atoms with Gasteiger partial charge < -0.3 is 9.52 Å². The molecule has 0 bridgehead atoms. The van der Waals surface area contributed by atoms with Crippen molar-refractivity contribution in [1.82, 2.24) is 9.47 Å². The number of fused-ring (bicyclic) bond motifs is 1. The summed E-state index contributed by atoms with van der Waals surface area (Å²) in [6.07, 6.45) is 1.56. The molecule has 1 aromatic heterocycles. The summed E-state index contributed by atoms with van der Waals surface area (Å²) >= 11 is 0. The van der Waals surface area contributed by atoms with Gasteiger partial charge in [-0.2, -0.15) is 0 Å². The second-order valence-corrected chi connectivity index (χ2v) is 5.02.